The molecule has 1 aliphatic heterocycles. The summed E-state index contributed by atoms with van der Waals surface area (Å²) in [5, 5.41) is 0.0990. The second-order valence-corrected chi connectivity index (χ2v) is 9.77. The fourth-order valence-electron chi connectivity index (χ4n) is 2.53. The lowest BCUT2D eigenvalue weighted by Gasteiger charge is -2.27. The van der Waals surface area contributed by atoms with Crippen LogP contribution < -0.4 is 0 Å². The lowest BCUT2D eigenvalue weighted by Crippen LogP contribution is -2.41. The van der Waals surface area contributed by atoms with Crippen LogP contribution in [0.1, 0.15) is 19.8 Å². The van der Waals surface area contributed by atoms with Crippen LogP contribution in [0.5, 0.6) is 0 Å². The first kappa shape index (κ1) is 17.7. The van der Waals surface area contributed by atoms with Gasteiger partial charge in [-0.15, -0.1) is 0 Å². The largest absolute Gasteiger partial charge is 0.246 e. The van der Waals surface area contributed by atoms with E-state index in [1.54, 1.807) is 6.92 Å². The first-order valence-electron chi connectivity index (χ1n) is 6.84. The third-order valence-corrected chi connectivity index (χ3v) is 7.51. The molecule has 1 aromatic carbocycles. The van der Waals surface area contributed by atoms with Crippen LogP contribution in [-0.2, 0) is 19.9 Å². The van der Waals surface area contributed by atoms with Crippen LogP contribution in [0.2, 0.25) is 5.02 Å². The van der Waals surface area contributed by atoms with Crippen LogP contribution in [0.25, 0.3) is 0 Å². The number of hydrogen-bond donors (Lipinski definition) is 0. The Labute approximate surface area is 135 Å². The van der Waals surface area contributed by atoms with Crippen molar-refractivity contribution in [3.05, 3.63) is 29.0 Å². The van der Waals surface area contributed by atoms with Crippen LogP contribution in [0.3, 0.4) is 0 Å². The van der Waals surface area contributed by atoms with E-state index in [0.717, 1.165) is 16.4 Å². The Morgan fingerprint density at radius 2 is 2.09 bits per heavy atom. The number of hydrogen-bond acceptors (Lipinski definition) is 4. The highest BCUT2D eigenvalue weighted by Gasteiger charge is 2.39. The van der Waals surface area contributed by atoms with Gasteiger partial charge in [0.15, 0.2) is 9.84 Å². The van der Waals surface area contributed by atoms with Crippen LogP contribution in [0.4, 0.5) is 4.39 Å². The van der Waals surface area contributed by atoms with E-state index in [1.807, 2.05) is 0 Å². The number of sulfonamides is 1. The number of rotatable bonds is 5. The molecule has 1 saturated heterocycles. The van der Waals surface area contributed by atoms with Gasteiger partial charge in [0.1, 0.15) is 10.7 Å². The predicted octanol–water partition coefficient (Wildman–Crippen LogP) is 2.07. The Morgan fingerprint density at radius 1 is 1.41 bits per heavy atom. The van der Waals surface area contributed by atoms with Crippen molar-refractivity contribution in [2.75, 3.05) is 18.1 Å². The van der Waals surface area contributed by atoms with Crippen molar-refractivity contribution in [2.45, 2.75) is 30.7 Å². The third-order valence-electron chi connectivity index (χ3n) is 3.54. The van der Waals surface area contributed by atoms with Gasteiger partial charge < -0.3 is 0 Å². The summed E-state index contributed by atoms with van der Waals surface area (Å²) in [6.45, 7) is 1.93. The minimum absolute atomic E-state index is 0.0451. The van der Waals surface area contributed by atoms with Gasteiger partial charge >= 0.3 is 0 Å². The maximum atomic E-state index is 14.0. The molecule has 5 nitrogen and oxygen atoms in total. The molecule has 0 aliphatic carbocycles. The average Bonchev–Trinajstić information content (AvgIpc) is 2.75. The van der Waals surface area contributed by atoms with Crippen LogP contribution in [0.15, 0.2) is 23.1 Å². The molecule has 2 rings (SSSR count). The highest BCUT2D eigenvalue weighted by atomic mass is 35.5. The van der Waals surface area contributed by atoms with Gasteiger partial charge in [-0.3, -0.25) is 0 Å². The lowest BCUT2D eigenvalue weighted by molar-refractivity contribution is 0.338. The van der Waals surface area contributed by atoms with Crippen molar-refractivity contribution in [1.82, 2.24) is 4.31 Å². The summed E-state index contributed by atoms with van der Waals surface area (Å²) < 4.78 is 63.7. The molecular formula is C13H17ClFNO4S2. The lowest BCUT2D eigenvalue weighted by atomic mass is 10.2. The summed E-state index contributed by atoms with van der Waals surface area (Å²) in [4.78, 5) is -0.477. The van der Waals surface area contributed by atoms with Gasteiger partial charge in [-0.05, 0) is 31.0 Å². The van der Waals surface area contributed by atoms with Gasteiger partial charge in [0.25, 0.3) is 0 Å². The molecule has 0 bridgehead atoms. The molecule has 0 N–H and O–H groups in total. The summed E-state index contributed by atoms with van der Waals surface area (Å²) in [7, 11) is -7.35. The number of halogens is 2. The molecule has 1 fully saturated rings. The van der Waals surface area contributed by atoms with Crippen LogP contribution >= 0.6 is 11.6 Å². The number of nitrogens with zero attached hydrogens (tertiary/aromatic N) is 1. The van der Waals surface area contributed by atoms with Crippen molar-refractivity contribution in [1.29, 1.82) is 0 Å². The molecule has 9 heteroatoms. The molecule has 0 spiro atoms. The van der Waals surface area contributed by atoms with Gasteiger partial charge in [0.05, 0.1) is 11.5 Å². The average molecular weight is 370 g/mol. The van der Waals surface area contributed by atoms with E-state index in [0.29, 0.717) is 6.42 Å². The van der Waals surface area contributed by atoms with E-state index in [4.69, 9.17) is 11.6 Å². The molecule has 0 saturated carbocycles. The summed E-state index contributed by atoms with van der Waals surface area (Å²) in [6.07, 6.45) is 0.738. The fraction of sp³-hybridized carbons (Fsp3) is 0.538. The zero-order valence-electron chi connectivity index (χ0n) is 12.0. The normalized spacial score (nSPS) is 21.4. The Hall–Kier alpha value is -0.700. The Balaban J connectivity index is 2.42. The number of benzene rings is 1. The van der Waals surface area contributed by atoms with Crippen LogP contribution in [0, 0.1) is 5.82 Å². The molecule has 1 atom stereocenters. The molecule has 1 aliphatic rings. The molecule has 1 heterocycles. The summed E-state index contributed by atoms with van der Waals surface area (Å²) in [5.74, 6) is -1.20. The van der Waals surface area contributed by atoms with Gasteiger partial charge in [-0.1, -0.05) is 18.5 Å². The van der Waals surface area contributed by atoms with E-state index in [-0.39, 0.29) is 29.5 Å². The molecule has 0 radical (unpaired) electrons. The summed E-state index contributed by atoms with van der Waals surface area (Å²) >= 11 is 5.64. The predicted molar refractivity (Wildman–Crippen MR) is 82.7 cm³/mol. The van der Waals surface area contributed by atoms with E-state index in [9.17, 15) is 21.2 Å². The van der Waals surface area contributed by atoms with Crippen LogP contribution in [-0.4, -0.2) is 45.2 Å². The molecule has 124 valence electrons. The topological polar surface area (TPSA) is 71.5 Å². The van der Waals surface area contributed by atoms with E-state index in [1.165, 1.54) is 6.07 Å². The Morgan fingerprint density at radius 3 is 2.59 bits per heavy atom. The van der Waals surface area contributed by atoms with E-state index >= 15 is 0 Å². The molecule has 0 amide bonds. The van der Waals surface area contributed by atoms with E-state index < -0.39 is 36.6 Å². The molecule has 0 unspecified atom stereocenters. The summed E-state index contributed by atoms with van der Waals surface area (Å²) in [6, 6.07) is 2.70. The standard InChI is InChI=1S/C13H17ClFNO4S2/c1-2-6-16(11-5-7-21(17,18)9-11)22(19,20)13-4-3-10(14)8-12(13)15/h3-4,8,11H,2,5-7,9H2,1H3/t11-/m1/s1. The van der Waals surface area contributed by atoms with Crippen molar-refractivity contribution >= 4 is 31.5 Å². The van der Waals surface area contributed by atoms with Gasteiger partial charge in [0, 0.05) is 17.6 Å². The van der Waals surface area contributed by atoms with Crippen molar-refractivity contribution in [3.63, 3.8) is 0 Å². The van der Waals surface area contributed by atoms with Crippen molar-refractivity contribution < 1.29 is 21.2 Å². The molecule has 0 aromatic heterocycles. The smallest absolute Gasteiger partial charge is 0.229 e. The monoisotopic (exact) mass is 369 g/mol. The Bertz CT molecular complexity index is 764. The second-order valence-electron chi connectivity index (χ2n) is 5.25. The minimum atomic E-state index is -4.11. The Kier molecular flexibility index (Phi) is 5.16. The number of sulfone groups is 1. The highest BCUT2D eigenvalue weighted by molar-refractivity contribution is 7.92. The van der Waals surface area contributed by atoms with Gasteiger partial charge in [0.2, 0.25) is 10.0 Å². The zero-order chi connectivity index (χ0) is 16.5. The zero-order valence-corrected chi connectivity index (χ0v) is 14.4. The van der Waals surface area contributed by atoms with Crippen molar-refractivity contribution in [2.24, 2.45) is 0 Å². The van der Waals surface area contributed by atoms with Crippen molar-refractivity contribution in [3.8, 4) is 0 Å². The molecule has 1 aromatic rings. The fourth-order valence-corrected chi connectivity index (χ4v) is 6.31. The highest BCUT2D eigenvalue weighted by Crippen LogP contribution is 2.27. The summed E-state index contributed by atoms with van der Waals surface area (Å²) in [5.41, 5.74) is 0. The minimum Gasteiger partial charge on any atom is -0.229 e. The van der Waals surface area contributed by atoms with Gasteiger partial charge in [-0.2, -0.15) is 4.31 Å². The SMILES string of the molecule is CCCN([C@@H]1CCS(=O)(=O)C1)S(=O)(=O)c1ccc(Cl)cc1F. The maximum absolute atomic E-state index is 14.0. The molecular weight excluding hydrogens is 353 g/mol. The first-order valence-corrected chi connectivity index (χ1v) is 10.5. The van der Waals surface area contributed by atoms with E-state index in [2.05, 4.69) is 0 Å². The maximum Gasteiger partial charge on any atom is 0.246 e. The second kappa shape index (κ2) is 6.43. The molecule has 22 heavy (non-hydrogen) atoms. The first-order chi connectivity index (χ1) is 10.2. The third kappa shape index (κ3) is 3.61. The van der Waals surface area contributed by atoms with Gasteiger partial charge in [-0.25, -0.2) is 21.2 Å². The quantitative estimate of drug-likeness (QED) is 0.796.